The number of hydrogen-bond donors (Lipinski definition) is 4. The van der Waals surface area contributed by atoms with E-state index in [0.717, 1.165) is 18.2 Å². The molecule has 0 aliphatic carbocycles. The van der Waals surface area contributed by atoms with Crippen molar-refractivity contribution in [3.8, 4) is 0 Å². The molecule has 0 fully saturated rings. The molecule has 1 amide bonds. The minimum Gasteiger partial charge on any atom is -0.481 e. The van der Waals surface area contributed by atoms with Gasteiger partial charge in [-0.15, -0.1) is 0 Å². The number of anilines is 1. The van der Waals surface area contributed by atoms with Crippen molar-refractivity contribution in [3.05, 3.63) is 29.6 Å². The zero-order chi connectivity index (χ0) is 15.3. The normalized spacial score (nSPS) is 11.7. The van der Waals surface area contributed by atoms with Crippen LogP contribution >= 0.6 is 0 Å². The SMILES string of the molecule is NC(CCC(=O)O)C(=O)Nc1cc(F)ccc1C(=O)O. The molecule has 0 saturated carbocycles. The van der Waals surface area contributed by atoms with Crippen molar-refractivity contribution in [2.75, 3.05) is 5.32 Å². The second kappa shape index (κ2) is 6.62. The number of aliphatic carboxylic acids is 1. The lowest BCUT2D eigenvalue weighted by atomic mass is 10.1. The molecule has 0 spiro atoms. The Balaban J connectivity index is 2.81. The van der Waals surface area contributed by atoms with Gasteiger partial charge < -0.3 is 21.3 Å². The van der Waals surface area contributed by atoms with Gasteiger partial charge in [-0.3, -0.25) is 9.59 Å². The van der Waals surface area contributed by atoms with E-state index in [4.69, 9.17) is 15.9 Å². The van der Waals surface area contributed by atoms with E-state index < -0.39 is 29.7 Å². The molecule has 1 atom stereocenters. The van der Waals surface area contributed by atoms with E-state index in [2.05, 4.69) is 5.32 Å². The number of carboxylic acids is 2. The van der Waals surface area contributed by atoms with Gasteiger partial charge in [0.05, 0.1) is 17.3 Å². The number of nitrogens with one attached hydrogen (secondary N) is 1. The molecular weight excluding hydrogens is 271 g/mol. The maximum Gasteiger partial charge on any atom is 0.337 e. The minimum atomic E-state index is -1.33. The highest BCUT2D eigenvalue weighted by Crippen LogP contribution is 2.17. The number of carbonyl (C=O) groups excluding carboxylic acids is 1. The summed E-state index contributed by atoms with van der Waals surface area (Å²) in [6.07, 6.45) is -0.414. The Labute approximate surface area is 113 Å². The summed E-state index contributed by atoms with van der Waals surface area (Å²) in [4.78, 5) is 32.9. The summed E-state index contributed by atoms with van der Waals surface area (Å²) in [5, 5.41) is 19.6. The van der Waals surface area contributed by atoms with Crippen molar-refractivity contribution in [2.45, 2.75) is 18.9 Å². The molecule has 0 bridgehead atoms. The molecular formula is C12H13FN2O5. The van der Waals surface area contributed by atoms with E-state index in [0.29, 0.717) is 0 Å². The van der Waals surface area contributed by atoms with Crippen LogP contribution in [-0.4, -0.2) is 34.1 Å². The summed E-state index contributed by atoms with van der Waals surface area (Å²) >= 11 is 0. The van der Waals surface area contributed by atoms with Crippen LogP contribution in [0.4, 0.5) is 10.1 Å². The number of nitrogens with two attached hydrogens (primary N) is 1. The molecule has 0 saturated heterocycles. The van der Waals surface area contributed by atoms with Gasteiger partial charge in [0, 0.05) is 6.42 Å². The molecule has 1 rings (SSSR count). The van der Waals surface area contributed by atoms with E-state index in [1.165, 1.54) is 0 Å². The minimum absolute atomic E-state index is 0.112. The fourth-order valence-electron chi connectivity index (χ4n) is 1.44. The van der Waals surface area contributed by atoms with Crippen LogP contribution < -0.4 is 11.1 Å². The van der Waals surface area contributed by atoms with Crippen LogP contribution in [0.2, 0.25) is 0 Å². The lowest BCUT2D eigenvalue weighted by molar-refractivity contribution is -0.137. The smallest absolute Gasteiger partial charge is 0.337 e. The van der Waals surface area contributed by atoms with Crippen molar-refractivity contribution in [2.24, 2.45) is 5.73 Å². The molecule has 108 valence electrons. The summed E-state index contributed by atoms with van der Waals surface area (Å²) in [7, 11) is 0. The van der Waals surface area contributed by atoms with Crippen LogP contribution in [0.5, 0.6) is 0 Å². The van der Waals surface area contributed by atoms with Gasteiger partial charge in [0.1, 0.15) is 5.82 Å². The number of benzene rings is 1. The van der Waals surface area contributed by atoms with Gasteiger partial charge in [0.2, 0.25) is 5.91 Å². The molecule has 1 aromatic rings. The van der Waals surface area contributed by atoms with Crippen molar-refractivity contribution in [1.82, 2.24) is 0 Å². The summed E-state index contributed by atoms with van der Waals surface area (Å²) in [5.74, 6) is -3.94. The number of rotatable bonds is 6. The van der Waals surface area contributed by atoms with Gasteiger partial charge in [-0.2, -0.15) is 0 Å². The zero-order valence-electron chi connectivity index (χ0n) is 10.3. The van der Waals surface area contributed by atoms with Crippen LogP contribution in [0.15, 0.2) is 18.2 Å². The monoisotopic (exact) mass is 284 g/mol. The maximum atomic E-state index is 13.1. The number of carbonyl (C=O) groups is 3. The Bertz CT molecular complexity index is 547. The molecule has 0 aromatic heterocycles. The van der Waals surface area contributed by atoms with Crippen LogP contribution in [0.1, 0.15) is 23.2 Å². The van der Waals surface area contributed by atoms with Crippen molar-refractivity contribution in [1.29, 1.82) is 0 Å². The summed E-state index contributed by atoms with van der Waals surface area (Å²) < 4.78 is 13.1. The van der Waals surface area contributed by atoms with E-state index in [1.807, 2.05) is 0 Å². The quantitative estimate of drug-likeness (QED) is 0.607. The molecule has 8 heteroatoms. The molecule has 1 unspecified atom stereocenters. The Kier molecular flexibility index (Phi) is 5.15. The first-order chi connectivity index (χ1) is 9.31. The summed E-state index contributed by atoms with van der Waals surface area (Å²) in [6, 6.07) is 1.68. The van der Waals surface area contributed by atoms with E-state index in [9.17, 15) is 18.8 Å². The number of carboxylic acid groups (broad SMARTS) is 2. The van der Waals surface area contributed by atoms with Gasteiger partial charge in [-0.25, -0.2) is 9.18 Å². The molecule has 1 aromatic carbocycles. The molecule has 0 aliphatic rings. The lowest BCUT2D eigenvalue weighted by Crippen LogP contribution is -2.36. The highest BCUT2D eigenvalue weighted by atomic mass is 19.1. The summed E-state index contributed by atoms with van der Waals surface area (Å²) in [5.41, 5.74) is 4.95. The first kappa shape index (κ1) is 15.6. The first-order valence-electron chi connectivity index (χ1n) is 5.62. The number of aromatic carboxylic acids is 1. The second-order valence-corrected chi connectivity index (χ2v) is 4.02. The van der Waals surface area contributed by atoms with Gasteiger partial charge in [-0.1, -0.05) is 0 Å². The predicted molar refractivity (Wildman–Crippen MR) is 66.8 cm³/mol. The Morgan fingerprint density at radius 2 is 1.95 bits per heavy atom. The van der Waals surface area contributed by atoms with E-state index in [1.54, 1.807) is 0 Å². The van der Waals surface area contributed by atoms with E-state index in [-0.39, 0.29) is 24.1 Å². The average Bonchev–Trinajstić information content (AvgIpc) is 2.35. The number of hydrogen-bond acceptors (Lipinski definition) is 4. The van der Waals surface area contributed by atoms with Gasteiger partial charge >= 0.3 is 11.9 Å². The summed E-state index contributed by atoms with van der Waals surface area (Å²) in [6.45, 7) is 0. The maximum absolute atomic E-state index is 13.1. The Morgan fingerprint density at radius 3 is 2.50 bits per heavy atom. The number of amides is 1. The number of halogens is 1. The van der Waals surface area contributed by atoms with Crippen molar-refractivity contribution in [3.63, 3.8) is 0 Å². The van der Waals surface area contributed by atoms with Gasteiger partial charge in [-0.05, 0) is 24.6 Å². The van der Waals surface area contributed by atoms with Gasteiger partial charge in [0.25, 0.3) is 0 Å². The molecule has 0 radical (unpaired) electrons. The third kappa shape index (κ3) is 4.32. The van der Waals surface area contributed by atoms with Gasteiger partial charge in [0.15, 0.2) is 0 Å². The lowest BCUT2D eigenvalue weighted by Gasteiger charge is -2.13. The largest absolute Gasteiger partial charge is 0.481 e. The molecule has 20 heavy (non-hydrogen) atoms. The third-order valence-corrected chi connectivity index (χ3v) is 2.48. The third-order valence-electron chi connectivity index (χ3n) is 2.48. The van der Waals surface area contributed by atoms with Crippen LogP contribution in [0, 0.1) is 5.82 Å². The molecule has 0 aliphatic heterocycles. The fraction of sp³-hybridized carbons (Fsp3) is 0.250. The topological polar surface area (TPSA) is 130 Å². The van der Waals surface area contributed by atoms with Crippen LogP contribution in [-0.2, 0) is 9.59 Å². The first-order valence-corrected chi connectivity index (χ1v) is 5.62. The Morgan fingerprint density at radius 1 is 1.30 bits per heavy atom. The molecule has 0 heterocycles. The molecule has 5 N–H and O–H groups in total. The van der Waals surface area contributed by atoms with Crippen molar-refractivity contribution >= 4 is 23.5 Å². The van der Waals surface area contributed by atoms with E-state index >= 15 is 0 Å². The highest BCUT2D eigenvalue weighted by Gasteiger charge is 2.18. The fourth-order valence-corrected chi connectivity index (χ4v) is 1.44. The van der Waals surface area contributed by atoms with Crippen molar-refractivity contribution < 1.29 is 29.0 Å². The average molecular weight is 284 g/mol. The predicted octanol–water partition coefficient (Wildman–Crippen LogP) is 0.655. The van der Waals surface area contributed by atoms with Crippen LogP contribution in [0.25, 0.3) is 0 Å². The zero-order valence-corrected chi connectivity index (χ0v) is 10.3. The molecule has 7 nitrogen and oxygen atoms in total. The van der Waals surface area contributed by atoms with Crippen LogP contribution in [0.3, 0.4) is 0 Å². The standard InChI is InChI=1S/C12H13FN2O5/c13-6-1-2-7(12(19)20)9(5-6)15-11(18)8(14)3-4-10(16)17/h1-2,5,8H,3-4,14H2,(H,15,18)(H,16,17)(H,19,20). The Hall–Kier alpha value is -2.48. The second-order valence-electron chi connectivity index (χ2n) is 4.02. The highest BCUT2D eigenvalue weighted by molar-refractivity contribution is 6.02.